The van der Waals surface area contributed by atoms with Crippen molar-refractivity contribution >= 4 is 10.9 Å². The number of aromatic nitrogens is 6. The van der Waals surface area contributed by atoms with Gasteiger partial charge in [-0.1, -0.05) is 18.2 Å². The number of H-pyrrole nitrogens is 1. The van der Waals surface area contributed by atoms with Gasteiger partial charge >= 0.3 is 0 Å². The lowest BCUT2D eigenvalue weighted by Gasteiger charge is -2.04. The number of pyridine rings is 2. The summed E-state index contributed by atoms with van der Waals surface area (Å²) in [6.45, 7) is 2.39. The average Bonchev–Trinajstić information content (AvgIpc) is 3.40. The first kappa shape index (κ1) is 19.6. The quantitative estimate of drug-likeness (QED) is 0.464. The minimum absolute atomic E-state index is 0.212. The summed E-state index contributed by atoms with van der Waals surface area (Å²) in [7, 11) is 1.63. The van der Waals surface area contributed by atoms with Crippen molar-refractivity contribution < 1.29 is 4.74 Å². The predicted molar refractivity (Wildman–Crippen MR) is 120 cm³/mol. The Morgan fingerprint density at radius 2 is 1.84 bits per heavy atom. The zero-order valence-corrected chi connectivity index (χ0v) is 17.5. The van der Waals surface area contributed by atoms with E-state index in [4.69, 9.17) is 4.74 Å². The van der Waals surface area contributed by atoms with Crippen molar-refractivity contribution in [3.63, 3.8) is 0 Å². The van der Waals surface area contributed by atoms with E-state index in [2.05, 4.69) is 15.2 Å². The summed E-state index contributed by atoms with van der Waals surface area (Å²) in [6.07, 6.45) is 4.99. The average molecular weight is 428 g/mol. The van der Waals surface area contributed by atoms with Crippen molar-refractivity contribution in [1.82, 2.24) is 29.1 Å². The third-order valence-electron chi connectivity index (χ3n) is 5.25. The monoisotopic (exact) mass is 428 g/mol. The number of ether oxygens (including phenoxy) is 1. The normalized spacial score (nSPS) is 11.2. The van der Waals surface area contributed by atoms with Gasteiger partial charge in [-0.05, 0) is 42.8 Å². The summed E-state index contributed by atoms with van der Waals surface area (Å²) < 4.78 is 9.68. The van der Waals surface area contributed by atoms with E-state index < -0.39 is 0 Å². The first-order chi connectivity index (χ1) is 15.5. The van der Waals surface area contributed by atoms with E-state index in [1.807, 2.05) is 43.3 Å². The molecule has 4 heterocycles. The zero-order chi connectivity index (χ0) is 22.2. The van der Waals surface area contributed by atoms with Crippen molar-refractivity contribution in [1.29, 1.82) is 0 Å². The smallest absolute Gasteiger partial charge is 0.281 e. The van der Waals surface area contributed by atoms with E-state index in [1.165, 1.54) is 9.25 Å². The van der Waals surface area contributed by atoms with Gasteiger partial charge in [-0.25, -0.2) is 9.67 Å². The predicted octanol–water partition coefficient (Wildman–Crippen LogP) is 2.43. The van der Waals surface area contributed by atoms with Crippen LogP contribution in [0.4, 0.5) is 0 Å². The molecule has 1 N–H and O–H groups in total. The van der Waals surface area contributed by atoms with Crippen molar-refractivity contribution in [2.24, 2.45) is 0 Å². The molecule has 9 nitrogen and oxygen atoms in total. The minimum Gasteiger partial charge on any atom is -0.497 e. The molecule has 160 valence electrons. The molecule has 32 heavy (non-hydrogen) atoms. The van der Waals surface area contributed by atoms with Crippen LogP contribution in [0.2, 0.25) is 0 Å². The van der Waals surface area contributed by atoms with Crippen LogP contribution in [0.5, 0.6) is 5.75 Å². The van der Waals surface area contributed by atoms with Crippen LogP contribution in [-0.4, -0.2) is 36.2 Å². The van der Waals surface area contributed by atoms with Gasteiger partial charge in [0.15, 0.2) is 5.82 Å². The number of rotatable bonds is 5. The van der Waals surface area contributed by atoms with E-state index in [0.717, 1.165) is 17.0 Å². The Morgan fingerprint density at radius 3 is 2.59 bits per heavy atom. The number of hydrogen-bond acceptors (Lipinski definition) is 5. The molecular formula is C23H20N6O3. The van der Waals surface area contributed by atoms with E-state index in [0.29, 0.717) is 23.4 Å². The number of nitrogens with one attached hydrogen (secondary N) is 1. The lowest BCUT2D eigenvalue weighted by molar-refractivity contribution is 0.414. The molecule has 0 aliphatic carbocycles. The number of hydrogen-bond donors (Lipinski definition) is 1. The Bertz CT molecular complexity index is 1540. The highest BCUT2D eigenvalue weighted by molar-refractivity contribution is 5.77. The number of fused-ring (bicyclic) bond motifs is 1. The Morgan fingerprint density at radius 1 is 1.03 bits per heavy atom. The van der Waals surface area contributed by atoms with Gasteiger partial charge in [-0.15, -0.1) is 0 Å². The van der Waals surface area contributed by atoms with Gasteiger partial charge in [0.2, 0.25) is 0 Å². The Kier molecular flexibility index (Phi) is 4.70. The second-order valence-electron chi connectivity index (χ2n) is 7.41. The van der Waals surface area contributed by atoms with Crippen molar-refractivity contribution in [3.05, 3.63) is 99.1 Å². The fourth-order valence-electron chi connectivity index (χ4n) is 3.60. The van der Waals surface area contributed by atoms with Gasteiger partial charge in [0.25, 0.3) is 11.1 Å². The van der Waals surface area contributed by atoms with Crippen LogP contribution in [0.25, 0.3) is 22.4 Å². The third-order valence-corrected chi connectivity index (χ3v) is 5.25. The maximum absolute atomic E-state index is 13.1. The molecule has 0 spiro atoms. The summed E-state index contributed by atoms with van der Waals surface area (Å²) in [5, 5.41) is 7.59. The first-order valence-corrected chi connectivity index (χ1v) is 9.99. The standard InChI is InChI=1S/C23H20N6O3/c1-15-4-3-5-20(25-15)29-22(30)19-10-11-28(23(31)21(19)26-29)17-12-24-27(14-17)13-16-6-8-18(32-2)9-7-16/h3-12,14,26H,13H2,1-2H3. The van der Waals surface area contributed by atoms with Crippen LogP contribution in [-0.2, 0) is 6.54 Å². The highest BCUT2D eigenvalue weighted by atomic mass is 16.5. The van der Waals surface area contributed by atoms with Crippen LogP contribution in [0, 0.1) is 6.92 Å². The van der Waals surface area contributed by atoms with E-state index in [-0.39, 0.29) is 16.6 Å². The van der Waals surface area contributed by atoms with Crippen molar-refractivity contribution in [2.75, 3.05) is 7.11 Å². The number of nitrogens with zero attached hydrogens (tertiary/aromatic N) is 5. The molecule has 0 saturated heterocycles. The van der Waals surface area contributed by atoms with Gasteiger partial charge in [0.1, 0.15) is 11.3 Å². The molecule has 0 amide bonds. The molecule has 9 heteroatoms. The van der Waals surface area contributed by atoms with Crippen molar-refractivity contribution in [2.45, 2.75) is 13.5 Å². The molecule has 5 rings (SSSR count). The summed E-state index contributed by atoms with van der Waals surface area (Å²) in [4.78, 5) is 30.3. The fourth-order valence-corrected chi connectivity index (χ4v) is 3.60. The summed E-state index contributed by atoms with van der Waals surface area (Å²) in [5.41, 5.74) is 1.98. The van der Waals surface area contributed by atoms with Crippen LogP contribution in [0.3, 0.4) is 0 Å². The van der Waals surface area contributed by atoms with Gasteiger partial charge in [-0.3, -0.25) is 23.9 Å². The topological polar surface area (TPSA) is 99.7 Å². The molecule has 0 radical (unpaired) electrons. The Hall–Kier alpha value is -4.40. The van der Waals surface area contributed by atoms with Crippen LogP contribution in [0.15, 0.2) is 76.7 Å². The molecule has 0 unspecified atom stereocenters. The molecule has 5 aromatic rings. The largest absolute Gasteiger partial charge is 0.497 e. The minimum atomic E-state index is -0.338. The highest BCUT2D eigenvalue weighted by Gasteiger charge is 2.15. The van der Waals surface area contributed by atoms with E-state index >= 15 is 0 Å². The summed E-state index contributed by atoms with van der Waals surface area (Å²) in [5.74, 6) is 1.22. The van der Waals surface area contributed by atoms with Gasteiger partial charge in [0.05, 0.1) is 30.9 Å². The Balaban J connectivity index is 1.50. The third kappa shape index (κ3) is 3.39. The molecular weight excluding hydrogens is 408 g/mol. The number of aromatic amines is 1. The van der Waals surface area contributed by atoms with Crippen LogP contribution >= 0.6 is 0 Å². The van der Waals surface area contributed by atoms with Crippen LogP contribution < -0.4 is 15.9 Å². The van der Waals surface area contributed by atoms with Gasteiger partial charge < -0.3 is 4.74 Å². The Labute approximate surface area is 182 Å². The highest BCUT2D eigenvalue weighted by Crippen LogP contribution is 2.14. The van der Waals surface area contributed by atoms with Gasteiger partial charge in [-0.2, -0.15) is 5.10 Å². The van der Waals surface area contributed by atoms with E-state index in [1.54, 1.807) is 42.5 Å². The molecule has 0 aliphatic heterocycles. The molecule has 0 aliphatic rings. The molecule has 4 aromatic heterocycles. The lowest BCUT2D eigenvalue weighted by atomic mass is 10.2. The second kappa shape index (κ2) is 7.69. The van der Waals surface area contributed by atoms with Crippen molar-refractivity contribution in [3.8, 4) is 17.3 Å². The molecule has 0 fully saturated rings. The lowest BCUT2D eigenvalue weighted by Crippen LogP contribution is -2.17. The summed E-state index contributed by atoms with van der Waals surface area (Å²) in [6, 6.07) is 14.7. The molecule has 1 aromatic carbocycles. The number of aryl methyl sites for hydroxylation is 1. The molecule has 0 saturated carbocycles. The summed E-state index contributed by atoms with van der Waals surface area (Å²) >= 11 is 0. The molecule has 0 bridgehead atoms. The molecule has 0 atom stereocenters. The SMILES string of the molecule is COc1ccc(Cn2cc(-n3ccc4c(=O)n(-c5cccc(C)n5)[nH]c4c3=O)cn2)cc1. The van der Waals surface area contributed by atoms with E-state index in [9.17, 15) is 9.59 Å². The second-order valence-corrected chi connectivity index (χ2v) is 7.41. The fraction of sp³-hybridized carbons (Fsp3) is 0.130. The first-order valence-electron chi connectivity index (χ1n) is 9.99. The maximum Gasteiger partial charge on any atom is 0.281 e. The number of benzene rings is 1. The number of methoxy groups -OCH3 is 1. The van der Waals surface area contributed by atoms with Crippen LogP contribution in [0.1, 0.15) is 11.3 Å². The zero-order valence-electron chi connectivity index (χ0n) is 17.5. The maximum atomic E-state index is 13.1. The van der Waals surface area contributed by atoms with Gasteiger partial charge in [0, 0.05) is 18.1 Å².